The maximum atomic E-state index is 11.2. The van der Waals surface area contributed by atoms with Gasteiger partial charge in [0.1, 0.15) is 5.01 Å². The van der Waals surface area contributed by atoms with Crippen LogP contribution in [0.15, 0.2) is 6.20 Å². The summed E-state index contributed by atoms with van der Waals surface area (Å²) >= 11 is 1.52. The molecule has 0 saturated heterocycles. The molecular formula is C10H14N2O3S. The van der Waals surface area contributed by atoms with Crippen molar-refractivity contribution < 1.29 is 14.3 Å². The Morgan fingerprint density at radius 3 is 2.81 bits per heavy atom. The molecule has 0 fully saturated rings. The van der Waals surface area contributed by atoms with E-state index >= 15 is 0 Å². The van der Waals surface area contributed by atoms with Gasteiger partial charge in [0.25, 0.3) is 0 Å². The van der Waals surface area contributed by atoms with Crippen molar-refractivity contribution in [3.63, 3.8) is 0 Å². The van der Waals surface area contributed by atoms with Gasteiger partial charge < -0.3 is 10.1 Å². The highest BCUT2D eigenvalue weighted by Gasteiger charge is 2.14. The highest BCUT2D eigenvalue weighted by molar-refractivity contribution is 7.11. The number of carbonyl (C=O) groups is 2. The fraction of sp³-hybridized carbons (Fsp3) is 0.500. The quantitative estimate of drug-likeness (QED) is 0.628. The minimum atomic E-state index is -0.852. The average Bonchev–Trinajstić information content (AvgIpc) is 2.74. The first-order chi connectivity index (χ1) is 7.67. The molecule has 0 saturated carbocycles. The van der Waals surface area contributed by atoms with E-state index in [1.54, 1.807) is 13.1 Å². The maximum absolute atomic E-state index is 11.2. The fourth-order valence-corrected chi connectivity index (χ4v) is 1.82. The number of hydrogen-bond donors (Lipinski definition) is 1. The van der Waals surface area contributed by atoms with Gasteiger partial charge in [-0.05, 0) is 13.3 Å². The SMILES string of the molecule is CCOC(=O)C(=O)NCc1ncc(CC)s1. The minimum absolute atomic E-state index is 0.198. The van der Waals surface area contributed by atoms with Crippen LogP contribution in [0, 0.1) is 0 Å². The Bertz CT molecular complexity index is 376. The van der Waals surface area contributed by atoms with Crippen molar-refractivity contribution in [2.24, 2.45) is 0 Å². The number of aryl methyl sites for hydroxylation is 1. The van der Waals surface area contributed by atoms with Gasteiger partial charge in [-0.3, -0.25) is 4.79 Å². The predicted molar refractivity (Wildman–Crippen MR) is 60.0 cm³/mol. The first-order valence-electron chi connectivity index (χ1n) is 5.05. The van der Waals surface area contributed by atoms with Crippen LogP contribution in [-0.2, 0) is 27.3 Å². The summed E-state index contributed by atoms with van der Waals surface area (Å²) in [6.45, 7) is 4.15. The van der Waals surface area contributed by atoms with E-state index in [0.29, 0.717) is 0 Å². The summed E-state index contributed by atoms with van der Waals surface area (Å²) in [4.78, 5) is 27.4. The first-order valence-corrected chi connectivity index (χ1v) is 5.87. The van der Waals surface area contributed by atoms with Gasteiger partial charge >= 0.3 is 11.9 Å². The molecule has 0 aliphatic rings. The first kappa shape index (κ1) is 12.6. The molecule has 88 valence electrons. The van der Waals surface area contributed by atoms with Crippen LogP contribution in [0.3, 0.4) is 0 Å². The van der Waals surface area contributed by atoms with E-state index in [2.05, 4.69) is 15.0 Å². The molecule has 0 bridgehead atoms. The molecule has 16 heavy (non-hydrogen) atoms. The Hall–Kier alpha value is -1.43. The van der Waals surface area contributed by atoms with Crippen LogP contribution in [-0.4, -0.2) is 23.5 Å². The molecule has 0 aromatic carbocycles. The van der Waals surface area contributed by atoms with Crippen LogP contribution in [0.1, 0.15) is 23.7 Å². The second kappa shape index (κ2) is 6.22. The van der Waals surface area contributed by atoms with Crippen LogP contribution >= 0.6 is 11.3 Å². The van der Waals surface area contributed by atoms with Gasteiger partial charge in [0, 0.05) is 11.1 Å². The number of amides is 1. The molecule has 1 rings (SSSR count). The highest BCUT2D eigenvalue weighted by Crippen LogP contribution is 2.12. The largest absolute Gasteiger partial charge is 0.459 e. The van der Waals surface area contributed by atoms with Crippen molar-refractivity contribution in [2.75, 3.05) is 6.61 Å². The molecule has 1 aromatic heterocycles. The lowest BCUT2D eigenvalue weighted by atomic mass is 10.4. The number of carbonyl (C=O) groups excluding carboxylic acids is 2. The number of rotatable bonds is 4. The molecule has 0 unspecified atom stereocenters. The van der Waals surface area contributed by atoms with Crippen molar-refractivity contribution in [3.8, 4) is 0 Å². The second-order valence-electron chi connectivity index (χ2n) is 2.98. The van der Waals surface area contributed by atoms with Crippen molar-refractivity contribution in [1.82, 2.24) is 10.3 Å². The van der Waals surface area contributed by atoms with Gasteiger partial charge in [0.2, 0.25) is 0 Å². The van der Waals surface area contributed by atoms with Crippen LogP contribution < -0.4 is 5.32 Å². The number of aromatic nitrogens is 1. The number of ether oxygens (including phenoxy) is 1. The zero-order valence-corrected chi connectivity index (χ0v) is 10.1. The third kappa shape index (κ3) is 3.62. The molecule has 0 aliphatic heterocycles. The van der Waals surface area contributed by atoms with Crippen LogP contribution in [0.25, 0.3) is 0 Å². The summed E-state index contributed by atoms with van der Waals surface area (Å²) in [5.41, 5.74) is 0. The molecule has 5 nitrogen and oxygen atoms in total. The Morgan fingerprint density at radius 2 is 2.25 bits per heavy atom. The van der Waals surface area contributed by atoms with E-state index in [1.165, 1.54) is 11.3 Å². The monoisotopic (exact) mass is 242 g/mol. The third-order valence-electron chi connectivity index (χ3n) is 1.81. The zero-order chi connectivity index (χ0) is 12.0. The summed E-state index contributed by atoms with van der Waals surface area (Å²) in [5, 5.41) is 3.24. The maximum Gasteiger partial charge on any atom is 0.396 e. The second-order valence-corrected chi connectivity index (χ2v) is 4.18. The van der Waals surface area contributed by atoms with Crippen LogP contribution in [0.5, 0.6) is 0 Å². The molecular weight excluding hydrogens is 228 g/mol. The van der Waals surface area contributed by atoms with E-state index in [-0.39, 0.29) is 13.2 Å². The lowest BCUT2D eigenvalue weighted by molar-refractivity contribution is -0.154. The summed E-state index contributed by atoms with van der Waals surface area (Å²) in [6, 6.07) is 0. The molecule has 0 atom stereocenters. The molecule has 1 aromatic rings. The van der Waals surface area contributed by atoms with E-state index in [0.717, 1.165) is 16.3 Å². The topological polar surface area (TPSA) is 68.3 Å². The summed E-state index contributed by atoms with van der Waals surface area (Å²) in [6.07, 6.45) is 2.69. The fourth-order valence-electron chi connectivity index (χ4n) is 1.02. The molecule has 0 spiro atoms. The normalized spacial score (nSPS) is 9.88. The Labute approximate surface area is 97.8 Å². The van der Waals surface area contributed by atoms with Crippen molar-refractivity contribution in [3.05, 3.63) is 16.1 Å². The van der Waals surface area contributed by atoms with Crippen molar-refractivity contribution in [2.45, 2.75) is 26.8 Å². The number of nitrogens with one attached hydrogen (secondary N) is 1. The van der Waals surface area contributed by atoms with E-state index < -0.39 is 11.9 Å². The van der Waals surface area contributed by atoms with Gasteiger partial charge in [-0.1, -0.05) is 6.92 Å². The van der Waals surface area contributed by atoms with Gasteiger partial charge in [-0.2, -0.15) is 0 Å². The van der Waals surface area contributed by atoms with Crippen LogP contribution in [0.4, 0.5) is 0 Å². The Balaban J connectivity index is 2.39. The number of hydrogen-bond acceptors (Lipinski definition) is 5. The van der Waals surface area contributed by atoms with Gasteiger partial charge in [-0.25, -0.2) is 9.78 Å². The molecule has 1 amide bonds. The molecule has 0 aliphatic carbocycles. The molecule has 6 heteroatoms. The Morgan fingerprint density at radius 1 is 1.50 bits per heavy atom. The molecule has 0 radical (unpaired) electrons. The highest BCUT2D eigenvalue weighted by atomic mass is 32.1. The lowest BCUT2D eigenvalue weighted by Crippen LogP contribution is -2.31. The lowest BCUT2D eigenvalue weighted by Gasteiger charge is -2.01. The third-order valence-corrected chi connectivity index (χ3v) is 2.95. The number of esters is 1. The summed E-state index contributed by atoms with van der Waals surface area (Å²) < 4.78 is 4.55. The van der Waals surface area contributed by atoms with Gasteiger partial charge in [0.15, 0.2) is 0 Å². The van der Waals surface area contributed by atoms with Crippen LogP contribution in [0.2, 0.25) is 0 Å². The average molecular weight is 242 g/mol. The molecule has 1 heterocycles. The Kier molecular flexibility index (Phi) is 4.91. The predicted octanol–water partition coefficient (Wildman–Crippen LogP) is 0.885. The van der Waals surface area contributed by atoms with Gasteiger partial charge in [-0.15, -0.1) is 11.3 Å². The summed E-state index contributed by atoms with van der Waals surface area (Å²) in [7, 11) is 0. The van der Waals surface area contributed by atoms with Gasteiger partial charge in [0.05, 0.1) is 13.2 Å². The van der Waals surface area contributed by atoms with E-state index in [1.807, 2.05) is 6.92 Å². The minimum Gasteiger partial charge on any atom is -0.459 e. The van der Waals surface area contributed by atoms with E-state index in [9.17, 15) is 9.59 Å². The van der Waals surface area contributed by atoms with Crippen molar-refractivity contribution in [1.29, 1.82) is 0 Å². The van der Waals surface area contributed by atoms with Crippen molar-refractivity contribution >= 4 is 23.2 Å². The summed E-state index contributed by atoms with van der Waals surface area (Å²) in [5.74, 6) is -1.58. The zero-order valence-electron chi connectivity index (χ0n) is 9.28. The van der Waals surface area contributed by atoms with E-state index in [4.69, 9.17) is 0 Å². The molecule has 1 N–H and O–H groups in total. The number of nitrogens with zero attached hydrogens (tertiary/aromatic N) is 1. The standard InChI is InChI=1S/C10H14N2O3S/c1-3-7-5-11-8(16-7)6-12-9(13)10(14)15-4-2/h5H,3-4,6H2,1-2H3,(H,12,13). The smallest absolute Gasteiger partial charge is 0.396 e. The number of thiazole rings is 1.